The Morgan fingerprint density at radius 2 is 1.95 bits per heavy atom. The van der Waals surface area contributed by atoms with E-state index < -0.39 is 0 Å². The number of anilines is 1. The molecule has 0 saturated heterocycles. The van der Waals surface area contributed by atoms with Crippen LogP contribution in [0.4, 0.5) is 10.5 Å². The molecule has 0 radical (unpaired) electrons. The van der Waals surface area contributed by atoms with Gasteiger partial charge in [0.15, 0.2) is 0 Å². The first-order chi connectivity index (χ1) is 10.2. The van der Waals surface area contributed by atoms with E-state index in [4.69, 9.17) is 5.73 Å². The van der Waals surface area contributed by atoms with Gasteiger partial charge in [0, 0.05) is 18.0 Å². The largest absolute Gasteiger partial charge is 0.338 e. The fraction of sp³-hybridized carbons (Fsp3) is 0.353. The van der Waals surface area contributed by atoms with Crippen molar-refractivity contribution in [2.75, 3.05) is 11.9 Å². The van der Waals surface area contributed by atoms with Crippen LogP contribution < -0.4 is 16.4 Å². The number of benzene rings is 2. The lowest BCUT2D eigenvalue weighted by atomic mass is 10.1. The van der Waals surface area contributed by atoms with Crippen LogP contribution in [0, 0.1) is 5.92 Å². The third-order valence-electron chi connectivity index (χ3n) is 4.28. The molecule has 0 bridgehead atoms. The van der Waals surface area contributed by atoms with Crippen LogP contribution in [0.3, 0.4) is 0 Å². The Balaban J connectivity index is 1.63. The molecule has 0 aliphatic heterocycles. The number of carbonyl (C=O) groups excluding carboxylic acids is 1. The van der Waals surface area contributed by atoms with Gasteiger partial charge in [-0.1, -0.05) is 42.8 Å². The normalized spacial score (nSPS) is 21.4. The Hall–Kier alpha value is -2.07. The van der Waals surface area contributed by atoms with Crippen LogP contribution in [0.25, 0.3) is 10.8 Å². The van der Waals surface area contributed by atoms with E-state index >= 15 is 0 Å². The summed E-state index contributed by atoms with van der Waals surface area (Å²) in [5, 5.41) is 8.04. The molecule has 3 rings (SSSR count). The summed E-state index contributed by atoms with van der Waals surface area (Å²) in [4.78, 5) is 12.1. The maximum absolute atomic E-state index is 12.1. The molecule has 0 heterocycles. The summed E-state index contributed by atoms with van der Waals surface area (Å²) >= 11 is 0. The van der Waals surface area contributed by atoms with Gasteiger partial charge in [-0.15, -0.1) is 0 Å². The average Bonchev–Trinajstić information content (AvgIpc) is 2.91. The number of carbonyl (C=O) groups is 1. The van der Waals surface area contributed by atoms with Crippen LogP contribution >= 0.6 is 0 Å². The molecule has 110 valence electrons. The number of urea groups is 1. The monoisotopic (exact) mass is 283 g/mol. The van der Waals surface area contributed by atoms with Gasteiger partial charge in [-0.3, -0.25) is 0 Å². The highest BCUT2D eigenvalue weighted by Crippen LogP contribution is 2.24. The summed E-state index contributed by atoms with van der Waals surface area (Å²) in [6.07, 6.45) is 3.34. The lowest BCUT2D eigenvalue weighted by molar-refractivity contribution is 0.249. The minimum atomic E-state index is -0.162. The zero-order valence-corrected chi connectivity index (χ0v) is 12.0. The van der Waals surface area contributed by atoms with Crippen LogP contribution in [0.5, 0.6) is 0 Å². The number of rotatable bonds is 3. The first-order valence-corrected chi connectivity index (χ1v) is 7.52. The van der Waals surface area contributed by atoms with Gasteiger partial charge in [0.1, 0.15) is 0 Å². The molecule has 0 aromatic heterocycles. The van der Waals surface area contributed by atoms with E-state index in [1.165, 1.54) is 6.42 Å². The van der Waals surface area contributed by atoms with Crippen molar-refractivity contribution < 1.29 is 4.79 Å². The number of nitrogens with one attached hydrogen (secondary N) is 2. The van der Waals surface area contributed by atoms with Gasteiger partial charge in [-0.25, -0.2) is 4.79 Å². The van der Waals surface area contributed by atoms with Crippen molar-refractivity contribution in [1.82, 2.24) is 5.32 Å². The fourth-order valence-corrected chi connectivity index (χ4v) is 3.04. The molecule has 0 spiro atoms. The molecular weight excluding hydrogens is 262 g/mol. The molecule has 2 amide bonds. The second-order valence-electron chi connectivity index (χ2n) is 5.72. The van der Waals surface area contributed by atoms with Crippen molar-refractivity contribution in [3.63, 3.8) is 0 Å². The number of hydrogen-bond donors (Lipinski definition) is 3. The maximum Gasteiger partial charge on any atom is 0.319 e. The summed E-state index contributed by atoms with van der Waals surface area (Å²) in [6.45, 7) is 0.651. The van der Waals surface area contributed by atoms with Crippen molar-refractivity contribution in [1.29, 1.82) is 0 Å². The predicted octanol–water partition coefficient (Wildman–Crippen LogP) is 3.09. The number of fused-ring (bicyclic) bond motifs is 1. The lowest BCUT2D eigenvalue weighted by Crippen LogP contribution is -2.38. The summed E-state index contributed by atoms with van der Waals surface area (Å²) in [6, 6.07) is 14.0. The van der Waals surface area contributed by atoms with Gasteiger partial charge < -0.3 is 16.4 Å². The van der Waals surface area contributed by atoms with E-state index in [1.54, 1.807) is 0 Å². The first kappa shape index (κ1) is 13.9. The molecule has 1 aliphatic carbocycles. The first-order valence-electron chi connectivity index (χ1n) is 7.52. The van der Waals surface area contributed by atoms with E-state index in [-0.39, 0.29) is 12.1 Å². The molecule has 2 atom stereocenters. The zero-order valence-electron chi connectivity index (χ0n) is 12.0. The minimum Gasteiger partial charge on any atom is -0.338 e. The smallest absolute Gasteiger partial charge is 0.319 e. The van der Waals surface area contributed by atoms with Gasteiger partial charge >= 0.3 is 6.03 Å². The summed E-state index contributed by atoms with van der Waals surface area (Å²) in [5.74, 6) is 0.406. The maximum atomic E-state index is 12.1. The molecule has 2 unspecified atom stereocenters. The molecule has 21 heavy (non-hydrogen) atoms. The quantitative estimate of drug-likeness (QED) is 0.810. The molecule has 4 heteroatoms. The molecule has 2 aromatic rings. The SMILES string of the molecule is NC1CCCC1CNC(=O)Nc1cccc2ccccc12. The van der Waals surface area contributed by atoms with E-state index in [0.29, 0.717) is 12.5 Å². The van der Waals surface area contributed by atoms with Gasteiger partial charge in [0.25, 0.3) is 0 Å². The molecule has 1 fully saturated rings. The summed E-state index contributed by atoms with van der Waals surface area (Å²) in [7, 11) is 0. The third-order valence-corrected chi connectivity index (χ3v) is 4.28. The van der Waals surface area contributed by atoms with Crippen LogP contribution in [0.2, 0.25) is 0 Å². The molecule has 4 N–H and O–H groups in total. The van der Waals surface area contributed by atoms with Crippen molar-refractivity contribution in [2.24, 2.45) is 11.7 Å². The van der Waals surface area contributed by atoms with Gasteiger partial charge in [0.05, 0.1) is 5.69 Å². The Morgan fingerprint density at radius 3 is 2.76 bits per heavy atom. The van der Waals surface area contributed by atoms with Gasteiger partial charge in [-0.05, 0) is 30.2 Å². The number of hydrogen-bond acceptors (Lipinski definition) is 2. The molecule has 1 aliphatic rings. The van der Waals surface area contributed by atoms with Crippen LogP contribution in [-0.4, -0.2) is 18.6 Å². The topological polar surface area (TPSA) is 67.1 Å². The fourth-order valence-electron chi connectivity index (χ4n) is 3.04. The Bertz CT molecular complexity index is 635. The summed E-state index contributed by atoms with van der Waals surface area (Å²) in [5.41, 5.74) is 6.86. The van der Waals surface area contributed by atoms with Crippen LogP contribution in [-0.2, 0) is 0 Å². The average molecular weight is 283 g/mol. The Labute approximate surface area is 124 Å². The Morgan fingerprint density at radius 1 is 1.14 bits per heavy atom. The van der Waals surface area contributed by atoms with Gasteiger partial charge in [-0.2, -0.15) is 0 Å². The standard InChI is InChI=1S/C17H21N3O/c18-15-9-3-7-13(15)11-19-17(21)20-16-10-4-6-12-5-1-2-8-14(12)16/h1-2,4-6,8,10,13,15H,3,7,9,11,18H2,(H2,19,20,21). The Kier molecular flexibility index (Phi) is 4.06. The second kappa shape index (κ2) is 6.14. The minimum absolute atomic E-state index is 0.162. The third kappa shape index (κ3) is 3.16. The van der Waals surface area contributed by atoms with Crippen molar-refractivity contribution in [3.05, 3.63) is 42.5 Å². The van der Waals surface area contributed by atoms with Crippen molar-refractivity contribution in [3.8, 4) is 0 Å². The van der Waals surface area contributed by atoms with Gasteiger partial charge in [0.2, 0.25) is 0 Å². The van der Waals surface area contributed by atoms with Crippen molar-refractivity contribution in [2.45, 2.75) is 25.3 Å². The van der Waals surface area contributed by atoms with E-state index in [0.717, 1.165) is 29.3 Å². The van der Waals surface area contributed by atoms with E-state index in [2.05, 4.69) is 10.6 Å². The predicted molar refractivity (Wildman–Crippen MR) is 86.3 cm³/mol. The number of nitrogens with two attached hydrogens (primary N) is 1. The molecule has 1 saturated carbocycles. The number of amides is 2. The van der Waals surface area contributed by atoms with Crippen LogP contribution in [0.15, 0.2) is 42.5 Å². The van der Waals surface area contributed by atoms with Crippen molar-refractivity contribution >= 4 is 22.5 Å². The van der Waals surface area contributed by atoms with Crippen LogP contribution in [0.1, 0.15) is 19.3 Å². The summed E-state index contributed by atoms with van der Waals surface area (Å²) < 4.78 is 0. The highest BCUT2D eigenvalue weighted by Gasteiger charge is 2.24. The highest BCUT2D eigenvalue weighted by molar-refractivity contribution is 6.01. The van der Waals surface area contributed by atoms with E-state index in [1.807, 2.05) is 42.5 Å². The second-order valence-corrected chi connectivity index (χ2v) is 5.72. The molecule has 2 aromatic carbocycles. The molecule has 4 nitrogen and oxygen atoms in total. The zero-order chi connectivity index (χ0) is 14.7. The lowest BCUT2D eigenvalue weighted by Gasteiger charge is -2.16. The molecular formula is C17H21N3O. The highest BCUT2D eigenvalue weighted by atomic mass is 16.2. The van der Waals surface area contributed by atoms with E-state index in [9.17, 15) is 4.79 Å².